The first-order valence-corrected chi connectivity index (χ1v) is 9.54. The summed E-state index contributed by atoms with van der Waals surface area (Å²) in [6.07, 6.45) is 8.24. The van der Waals surface area contributed by atoms with Crippen LogP contribution in [0.25, 0.3) is 10.9 Å². The van der Waals surface area contributed by atoms with Gasteiger partial charge in [0.15, 0.2) is 0 Å². The molecule has 1 aromatic carbocycles. The molecule has 6 nitrogen and oxygen atoms in total. The fourth-order valence-electron chi connectivity index (χ4n) is 4.41. The number of H-pyrrole nitrogens is 1. The third-order valence-electron chi connectivity index (χ3n) is 5.73. The Bertz CT molecular complexity index is 943. The fraction of sp³-hybridized carbons (Fsp3) is 0.429. The lowest BCUT2D eigenvalue weighted by Crippen LogP contribution is -2.42. The minimum Gasteiger partial charge on any atom is -0.361 e. The second-order valence-corrected chi connectivity index (χ2v) is 7.74. The summed E-state index contributed by atoms with van der Waals surface area (Å²) in [6.45, 7) is 1.82. The molecule has 0 saturated carbocycles. The van der Waals surface area contributed by atoms with Crippen LogP contribution in [0.4, 0.5) is 0 Å². The molecule has 1 aliphatic heterocycles. The van der Waals surface area contributed by atoms with Gasteiger partial charge < -0.3 is 9.88 Å². The maximum atomic E-state index is 13.0. The van der Waals surface area contributed by atoms with Crippen molar-refractivity contribution in [2.24, 2.45) is 13.0 Å². The number of aromatic nitrogens is 3. The van der Waals surface area contributed by atoms with Crippen LogP contribution in [0.1, 0.15) is 34.8 Å². The number of nitrogens with zero attached hydrogens (tertiary/aromatic N) is 4. The van der Waals surface area contributed by atoms with Gasteiger partial charge in [-0.1, -0.05) is 6.07 Å². The van der Waals surface area contributed by atoms with E-state index in [1.165, 1.54) is 5.56 Å². The molecule has 1 fully saturated rings. The summed E-state index contributed by atoms with van der Waals surface area (Å²) in [5.41, 5.74) is 2.97. The smallest absolute Gasteiger partial charge is 0.253 e. The third-order valence-corrected chi connectivity index (χ3v) is 5.73. The van der Waals surface area contributed by atoms with E-state index in [0.717, 1.165) is 42.4 Å². The van der Waals surface area contributed by atoms with Crippen molar-refractivity contribution in [2.45, 2.75) is 18.9 Å². The summed E-state index contributed by atoms with van der Waals surface area (Å²) in [4.78, 5) is 20.4. The molecule has 1 saturated heterocycles. The summed E-state index contributed by atoms with van der Waals surface area (Å²) in [5.74, 6) is 0.473. The Morgan fingerprint density at radius 1 is 1.33 bits per heavy atom. The Morgan fingerprint density at radius 2 is 2.19 bits per heavy atom. The number of aryl methyl sites for hydroxylation is 1. The molecule has 1 N–H and O–H groups in total. The number of aromatic amines is 1. The number of piperidine rings is 1. The van der Waals surface area contributed by atoms with E-state index in [2.05, 4.69) is 28.2 Å². The van der Waals surface area contributed by atoms with Gasteiger partial charge in [0.1, 0.15) is 0 Å². The van der Waals surface area contributed by atoms with Crippen molar-refractivity contribution in [3.05, 3.63) is 54.0 Å². The van der Waals surface area contributed by atoms with Gasteiger partial charge in [0.25, 0.3) is 5.91 Å². The number of hydrogen-bond donors (Lipinski definition) is 1. The lowest BCUT2D eigenvalue weighted by Gasteiger charge is -2.40. The molecule has 0 unspecified atom stereocenters. The second kappa shape index (κ2) is 7.19. The molecule has 27 heavy (non-hydrogen) atoms. The monoisotopic (exact) mass is 365 g/mol. The molecule has 1 amide bonds. The Morgan fingerprint density at radius 3 is 2.96 bits per heavy atom. The topological polar surface area (TPSA) is 57.2 Å². The van der Waals surface area contributed by atoms with Gasteiger partial charge in [-0.3, -0.25) is 14.4 Å². The van der Waals surface area contributed by atoms with Crippen molar-refractivity contribution in [2.75, 3.05) is 27.2 Å². The van der Waals surface area contributed by atoms with E-state index in [4.69, 9.17) is 0 Å². The summed E-state index contributed by atoms with van der Waals surface area (Å²) >= 11 is 0. The van der Waals surface area contributed by atoms with Crippen LogP contribution in [0.5, 0.6) is 0 Å². The minimum absolute atomic E-state index is 0.0738. The number of likely N-dealkylation sites (tertiary alicyclic amines) is 1. The zero-order valence-electron chi connectivity index (χ0n) is 16.2. The highest BCUT2D eigenvalue weighted by Gasteiger charge is 2.33. The van der Waals surface area contributed by atoms with Crippen LogP contribution in [0, 0.1) is 5.92 Å². The average molecular weight is 365 g/mol. The quantitative estimate of drug-likeness (QED) is 0.773. The van der Waals surface area contributed by atoms with E-state index in [1.807, 2.05) is 60.3 Å². The van der Waals surface area contributed by atoms with E-state index in [0.29, 0.717) is 12.0 Å². The molecule has 0 aliphatic carbocycles. The summed E-state index contributed by atoms with van der Waals surface area (Å²) in [5, 5.41) is 5.48. The van der Waals surface area contributed by atoms with E-state index in [9.17, 15) is 4.79 Å². The van der Waals surface area contributed by atoms with E-state index < -0.39 is 0 Å². The number of carbonyl (C=O) groups excluding carboxylic acids is 1. The SMILES string of the molecule is CN(C[C@@H]1CCCN(C)[C@H]1c1cnn(C)c1)C(=O)c1ccc2cc[nH]c2c1. The summed E-state index contributed by atoms with van der Waals surface area (Å²) in [7, 11) is 6.04. The molecule has 0 radical (unpaired) electrons. The second-order valence-electron chi connectivity index (χ2n) is 7.74. The zero-order chi connectivity index (χ0) is 19.0. The number of fused-ring (bicyclic) bond motifs is 1. The molecule has 1 aliphatic rings. The predicted molar refractivity (Wildman–Crippen MR) is 107 cm³/mol. The van der Waals surface area contributed by atoms with Gasteiger partial charge in [-0.2, -0.15) is 5.10 Å². The van der Waals surface area contributed by atoms with Crippen molar-refractivity contribution in [3.8, 4) is 0 Å². The predicted octanol–water partition coefficient (Wildman–Crippen LogP) is 3.06. The average Bonchev–Trinajstić information content (AvgIpc) is 3.29. The van der Waals surface area contributed by atoms with Crippen molar-refractivity contribution < 1.29 is 4.79 Å². The number of amides is 1. The lowest BCUT2D eigenvalue weighted by molar-refractivity contribution is 0.0645. The first-order valence-electron chi connectivity index (χ1n) is 9.54. The molecule has 0 spiro atoms. The van der Waals surface area contributed by atoms with Crippen LogP contribution in [-0.4, -0.2) is 57.7 Å². The number of hydrogen-bond acceptors (Lipinski definition) is 3. The third kappa shape index (κ3) is 3.49. The van der Waals surface area contributed by atoms with E-state index >= 15 is 0 Å². The maximum absolute atomic E-state index is 13.0. The Balaban J connectivity index is 1.52. The van der Waals surface area contributed by atoms with Crippen LogP contribution < -0.4 is 0 Å². The molecule has 0 bridgehead atoms. The summed E-state index contributed by atoms with van der Waals surface area (Å²) < 4.78 is 1.86. The van der Waals surface area contributed by atoms with Crippen molar-refractivity contribution in [1.82, 2.24) is 24.6 Å². The fourth-order valence-corrected chi connectivity index (χ4v) is 4.41. The Kier molecular flexibility index (Phi) is 4.74. The first-order chi connectivity index (χ1) is 13.0. The van der Waals surface area contributed by atoms with E-state index in [1.54, 1.807) is 0 Å². The molecule has 4 rings (SSSR count). The normalized spacial score (nSPS) is 20.9. The molecule has 142 valence electrons. The van der Waals surface area contributed by atoms with Gasteiger partial charge in [0.05, 0.1) is 6.20 Å². The van der Waals surface area contributed by atoms with Crippen LogP contribution in [-0.2, 0) is 7.05 Å². The molecule has 2 atom stereocenters. The molecule has 3 aromatic rings. The molecule has 3 heterocycles. The van der Waals surface area contributed by atoms with Gasteiger partial charge in [-0.25, -0.2) is 0 Å². The standard InChI is InChI=1S/C21H27N5O/c1-24-10-4-5-17(20(24)18-12-23-26(3)14-18)13-25(2)21(27)16-7-6-15-8-9-22-19(15)11-16/h6-9,11-12,14,17,20,22H,4-5,10,13H2,1-3H3/t17-,20+/m0/s1. The van der Waals surface area contributed by atoms with Gasteiger partial charge in [0, 0.05) is 55.7 Å². The number of carbonyl (C=O) groups is 1. The van der Waals surface area contributed by atoms with Crippen molar-refractivity contribution in [1.29, 1.82) is 0 Å². The molecule has 6 heteroatoms. The maximum Gasteiger partial charge on any atom is 0.253 e. The highest BCUT2D eigenvalue weighted by Crippen LogP contribution is 2.35. The number of rotatable bonds is 4. The van der Waals surface area contributed by atoms with Crippen molar-refractivity contribution in [3.63, 3.8) is 0 Å². The molecular formula is C21H27N5O. The number of benzene rings is 1. The molecular weight excluding hydrogens is 338 g/mol. The lowest BCUT2D eigenvalue weighted by atomic mass is 9.85. The highest BCUT2D eigenvalue weighted by atomic mass is 16.2. The van der Waals surface area contributed by atoms with Gasteiger partial charge in [0.2, 0.25) is 0 Å². The van der Waals surface area contributed by atoms with Gasteiger partial charge >= 0.3 is 0 Å². The van der Waals surface area contributed by atoms with Crippen LogP contribution in [0.15, 0.2) is 42.9 Å². The van der Waals surface area contributed by atoms with Crippen LogP contribution >= 0.6 is 0 Å². The van der Waals surface area contributed by atoms with E-state index in [-0.39, 0.29) is 5.91 Å². The first kappa shape index (κ1) is 17.8. The Hall–Kier alpha value is -2.60. The van der Waals surface area contributed by atoms with Gasteiger partial charge in [-0.05, 0) is 55.9 Å². The van der Waals surface area contributed by atoms with Crippen LogP contribution in [0.2, 0.25) is 0 Å². The number of nitrogens with one attached hydrogen (secondary N) is 1. The van der Waals surface area contributed by atoms with Crippen molar-refractivity contribution >= 4 is 16.8 Å². The highest BCUT2D eigenvalue weighted by molar-refractivity contribution is 5.97. The zero-order valence-corrected chi connectivity index (χ0v) is 16.2. The Labute approximate surface area is 159 Å². The largest absolute Gasteiger partial charge is 0.361 e. The minimum atomic E-state index is 0.0738. The molecule has 2 aromatic heterocycles. The summed E-state index contributed by atoms with van der Waals surface area (Å²) in [6, 6.07) is 8.18. The van der Waals surface area contributed by atoms with Gasteiger partial charge in [-0.15, -0.1) is 0 Å². The van der Waals surface area contributed by atoms with Crippen LogP contribution in [0.3, 0.4) is 0 Å².